The number of carbonyl (C=O) groups excluding carboxylic acids is 1. The fourth-order valence-corrected chi connectivity index (χ4v) is 4.00. The Hall–Kier alpha value is -4.06. The molecular weight excluding hydrogens is 452 g/mol. The standard InChI is InChI=1S/C30H32N2O4/c1-5-32(30(33)36-26-16-14-21(2)15-17-26)22(3)25-12-9-13-27(20-25)34-19-18-28-23(4)35-29(31-28)24-10-7-6-8-11-24/h6-17,20,22H,5,18-19H2,1-4H3. The van der Waals surface area contributed by atoms with Crippen LogP contribution in [-0.4, -0.2) is 29.1 Å². The molecule has 3 aromatic carbocycles. The summed E-state index contributed by atoms with van der Waals surface area (Å²) in [6.45, 7) is 8.83. The molecule has 6 nitrogen and oxygen atoms in total. The first-order valence-electron chi connectivity index (χ1n) is 12.2. The second kappa shape index (κ2) is 11.6. The van der Waals surface area contributed by atoms with Gasteiger partial charge in [0.15, 0.2) is 0 Å². The summed E-state index contributed by atoms with van der Waals surface area (Å²) in [7, 11) is 0. The van der Waals surface area contributed by atoms with Gasteiger partial charge in [-0.15, -0.1) is 0 Å². The highest BCUT2D eigenvalue weighted by molar-refractivity contribution is 5.71. The number of aromatic nitrogens is 1. The molecule has 0 fully saturated rings. The van der Waals surface area contributed by atoms with Gasteiger partial charge < -0.3 is 18.8 Å². The second-order valence-corrected chi connectivity index (χ2v) is 8.70. The minimum atomic E-state index is -0.379. The molecule has 1 unspecified atom stereocenters. The number of hydrogen-bond donors (Lipinski definition) is 0. The van der Waals surface area contributed by atoms with E-state index in [2.05, 4.69) is 4.98 Å². The first kappa shape index (κ1) is 25.0. The fraction of sp³-hybridized carbons (Fsp3) is 0.267. The molecule has 6 heteroatoms. The normalized spacial score (nSPS) is 11.7. The van der Waals surface area contributed by atoms with Crippen molar-refractivity contribution < 1.29 is 18.7 Å². The Morgan fingerprint density at radius 1 is 0.972 bits per heavy atom. The van der Waals surface area contributed by atoms with Gasteiger partial charge in [0, 0.05) is 18.5 Å². The molecule has 0 aliphatic heterocycles. The molecule has 36 heavy (non-hydrogen) atoms. The first-order chi connectivity index (χ1) is 17.4. The average Bonchev–Trinajstić information content (AvgIpc) is 3.27. The molecule has 1 amide bonds. The number of rotatable bonds is 9. The quantitative estimate of drug-likeness (QED) is 0.252. The van der Waals surface area contributed by atoms with Crippen LogP contribution in [0, 0.1) is 13.8 Å². The lowest BCUT2D eigenvalue weighted by Crippen LogP contribution is -2.35. The highest BCUT2D eigenvalue weighted by atomic mass is 16.6. The summed E-state index contributed by atoms with van der Waals surface area (Å²) in [5.41, 5.74) is 3.92. The molecule has 0 bridgehead atoms. The number of hydrogen-bond acceptors (Lipinski definition) is 5. The first-order valence-corrected chi connectivity index (χ1v) is 12.2. The number of amides is 1. The number of ether oxygens (including phenoxy) is 2. The molecule has 1 aromatic heterocycles. The highest BCUT2D eigenvalue weighted by Crippen LogP contribution is 2.26. The minimum absolute atomic E-state index is 0.178. The summed E-state index contributed by atoms with van der Waals surface area (Å²) in [5, 5.41) is 0. The molecule has 0 aliphatic carbocycles. The lowest BCUT2D eigenvalue weighted by molar-refractivity contribution is 0.138. The van der Waals surface area contributed by atoms with Gasteiger partial charge in [-0.25, -0.2) is 9.78 Å². The van der Waals surface area contributed by atoms with Gasteiger partial charge in [0.2, 0.25) is 5.89 Å². The van der Waals surface area contributed by atoms with Gasteiger partial charge in [-0.05, 0) is 69.7 Å². The largest absolute Gasteiger partial charge is 0.493 e. The van der Waals surface area contributed by atoms with Crippen molar-refractivity contribution in [1.29, 1.82) is 0 Å². The van der Waals surface area contributed by atoms with Crippen LogP contribution in [0.1, 0.15) is 42.5 Å². The lowest BCUT2D eigenvalue weighted by Gasteiger charge is -2.27. The summed E-state index contributed by atoms with van der Waals surface area (Å²) in [4.78, 5) is 19.2. The molecule has 4 aromatic rings. The summed E-state index contributed by atoms with van der Waals surface area (Å²) in [6, 6.07) is 25.0. The molecular formula is C30H32N2O4. The van der Waals surface area contributed by atoms with Crippen LogP contribution in [0.2, 0.25) is 0 Å². The van der Waals surface area contributed by atoms with Crippen LogP contribution in [-0.2, 0) is 6.42 Å². The summed E-state index contributed by atoms with van der Waals surface area (Å²) >= 11 is 0. The van der Waals surface area contributed by atoms with Crippen LogP contribution in [0.4, 0.5) is 4.79 Å². The van der Waals surface area contributed by atoms with E-state index in [1.807, 2.05) is 94.4 Å². The van der Waals surface area contributed by atoms with Crippen molar-refractivity contribution in [2.45, 2.75) is 40.2 Å². The predicted molar refractivity (Wildman–Crippen MR) is 140 cm³/mol. The summed E-state index contributed by atoms with van der Waals surface area (Å²) in [6.07, 6.45) is 0.252. The fourth-order valence-electron chi connectivity index (χ4n) is 4.00. The van der Waals surface area contributed by atoms with E-state index in [0.717, 1.165) is 33.9 Å². The van der Waals surface area contributed by atoms with Crippen molar-refractivity contribution in [3.8, 4) is 23.0 Å². The summed E-state index contributed by atoms with van der Waals surface area (Å²) in [5.74, 6) is 2.69. The van der Waals surface area contributed by atoms with Crippen LogP contribution in [0.25, 0.3) is 11.5 Å². The van der Waals surface area contributed by atoms with E-state index in [1.165, 1.54) is 0 Å². The van der Waals surface area contributed by atoms with E-state index in [-0.39, 0.29) is 12.1 Å². The second-order valence-electron chi connectivity index (χ2n) is 8.70. The molecule has 1 heterocycles. The van der Waals surface area contributed by atoms with Crippen LogP contribution >= 0.6 is 0 Å². The molecule has 0 radical (unpaired) electrons. The van der Waals surface area contributed by atoms with Gasteiger partial charge in [0.05, 0.1) is 18.3 Å². The summed E-state index contributed by atoms with van der Waals surface area (Å²) < 4.78 is 17.5. The number of nitrogens with zero attached hydrogens (tertiary/aromatic N) is 2. The van der Waals surface area contributed by atoms with E-state index in [9.17, 15) is 4.79 Å². The van der Waals surface area contributed by atoms with Gasteiger partial charge in [0.1, 0.15) is 17.3 Å². The maximum Gasteiger partial charge on any atom is 0.415 e. The van der Waals surface area contributed by atoms with Crippen molar-refractivity contribution in [2.75, 3.05) is 13.2 Å². The lowest BCUT2D eigenvalue weighted by atomic mass is 10.1. The maximum absolute atomic E-state index is 12.9. The Morgan fingerprint density at radius 3 is 2.44 bits per heavy atom. The Bertz CT molecular complexity index is 1280. The Labute approximate surface area is 212 Å². The van der Waals surface area contributed by atoms with Crippen molar-refractivity contribution >= 4 is 6.09 Å². The monoisotopic (exact) mass is 484 g/mol. The maximum atomic E-state index is 12.9. The molecule has 186 valence electrons. The van der Waals surface area contributed by atoms with Gasteiger partial charge in [-0.3, -0.25) is 0 Å². The van der Waals surface area contributed by atoms with Crippen molar-refractivity contribution in [1.82, 2.24) is 9.88 Å². The topological polar surface area (TPSA) is 64.8 Å². The van der Waals surface area contributed by atoms with E-state index in [0.29, 0.717) is 31.2 Å². The van der Waals surface area contributed by atoms with E-state index < -0.39 is 0 Å². The van der Waals surface area contributed by atoms with Gasteiger partial charge >= 0.3 is 6.09 Å². The third-order valence-electron chi connectivity index (χ3n) is 6.13. The number of benzene rings is 3. The zero-order valence-electron chi connectivity index (χ0n) is 21.2. The zero-order valence-corrected chi connectivity index (χ0v) is 21.2. The van der Waals surface area contributed by atoms with E-state index in [4.69, 9.17) is 13.9 Å². The molecule has 0 N–H and O–H groups in total. The van der Waals surface area contributed by atoms with Crippen LogP contribution in [0.3, 0.4) is 0 Å². The van der Waals surface area contributed by atoms with Gasteiger partial charge in [0.25, 0.3) is 0 Å². The van der Waals surface area contributed by atoms with Crippen LogP contribution < -0.4 is 9.47 Å². The molecule has 0 saturated carbocycles. The third-order valence-corrected chi connectivity index (χ3v) is 6.13. The Balaban J connectivity index is 1.37. The number of oxazole rings is 1. The Kier molecular flexibility index (Phi) is 8.06. The third kappa shape index (κ3) is 6.13. The Morgan fingerprint density at radius 2 is 1.72 bits per heavy atom. The predicted octanol–water partition coefficient (Wildman–Crippen LogP) is 7.16. The number of aryl methyl sites for hydroxylation is 2. The molecule has 0 spiro atoms. The molecule has 0 saturated heterocycles. The molecule has 1 atom stereocenters. The van der Waals surface area contributed by atoms with Crippen molar-refractivity contribution in [3.63, 3.8) is 0 Å². The van der Waals surface area contributed by atoms with E-state index >= 15 is 0 Å². The van der Waals surface area contributed by atoms with Crippen molar-refractivity contribution in [3.05, 3.63) is 101 Å². The van der Waals surface area contributed by atoms with Gasteiger partial charge in [-0.1, -0.05) is 48.0 Å². The SMILES string of the molecule is CCN(C(=O)Oc1ccc(C)cc1)C(C)c1cccc(OCCc2nc(-c3ccccc3)oc2C)c1. The van der Waals surface area contributed by atoms with Gasteiger partial charge in [-0.2, -0.15) is 0 Å². The average molecular weight is 485 g/mol. The van der Waals surface area contributed by atoms with Crippen molar-refractivity contribution in [2.24, 2.45) is 0 Å². The zero-order chi connectivity index (χ0) is 25.5. The highest BCUT2D eigenvalue weighted by Gasteiger charge is 2.22. The number of carbonyl (C=O) groups is 1. The molecule has 0 aliphatic rings. The van der Waals surface area contributed by atoms with E-state index in [1.54, 1.807) is 17.0 Å². The molecule has 4 rings (SSSR count). The van der Waals surface area contributed by atoms with Crippen LogP contribution in [0.15, 0.2) is 83.3 Å². The smallest absolute Gasteiger partial charge is 0.415 e. The van der Waals surface area contributed by atoms with Crippen LogP contribution in [0.5, 0.6) is 11.5 Å². The minimum Gasteiger partial charge on any atom is -0.493 e.